The number of carboxylic acid groups (broad SMARTS) is 1. The highest BCUT2D eigenvalue weighted by Gasteiger charge is 2.54. The molecule has 2 fully saturated rings. The summed E-state index contributed by atoms with van der Waals surface area (Å²) in [7, 11) is 0. The van der Waals surface area contributed by atoms with Crippen molar-refractivity contribution in [3.63, 3.8) is 0 Å². The highest BCUT2D eigenvalue weighted by atomic mass is 16.4. The number of nitrogens with zero attached hydrogens (tertiary/aromatic N) is 1. The van der Waals surface area contributed by atoms with Crippen molar-refractivity contribution in [3.8, 4) is 11.1 Å². The fraction of sp³-hybridized carbons (Fsp3) is 0.385. The molecule has 1 saturated carbocycles. The van der Waals surface area contributed by atoms with E-state index in [-0.39, 0.29) is 5.78 Å². The van der Waals surface area contributed by atoms with Crippen LogP contribution in [0.25, 0.3) is 11.1 Å². The van der Waals surface area contributed by atoms with Crippen LogP contribution in [0.3, 0.4) is 0 Å². The lowest BCUT2D eigenvalue weighted by Crippen LogP contribution is -2.61. The lowest BCUT2D eigenvalue weighted by molar-refractivity contribution is -0.161. The van der Waals surface area contributed by atoms with E-state index in [4.69, 9.17) is 5.11 Å². The molecule has 2 aliphatic rings. The molecule has 4 rings (SSSR count). The number of nitrogens with one attached hydrogen (secondary N) is 1. The van der Waals surface area contributed by atoms with Crippen LogP contribution >= 0.6 is 0 Å². The number of benzene rings is 2. The van der Waals surface area contributed by atoms with Gasteiger partial charge in [0.15, 0.2) is 11.7 Å². The molecule has 0 aromatic heterocycles. The van der Waals surface area contributed by atoms with Crippen LogP contribution in [-0.4, -0.2) is 46.7 Å². The number of carboxylic acids is 1. The number of hydrogen-bond donors (Lipinski definition) is 2. The molecule has 1 heterocycles. The molecule has 1 spiro atoms. The van der Waals surface area contributed by atoms with Crippen LogP contribution in [0, 0.1) is 11.3 Å². The molecular formula is C26H28N2O5. The smallest absolute Gasteiger partial charge is 0.322 e. The summed E-state index contributed by atoms with van der Waals surface area (Å²) in [6.45, 7) is -0.0245. The van der Waals surface area contributed by atoms with E-state index in [2.05, 4.69) is 5.32 Å². The number of carbonyl (C=O) groups excluding carboxylic acids is 3. The van der Waals surface area contributed by atoms with Crippen LogP contribution in [0.4, 0.5) is 0 Å². The molecule has 172 valence electrons. The molecule has 2 aromatic carbocycles. The van der Waals surface area contributed by atoms with Gasteiger partial charge in [-0.25, -0.2) is 0 Å². The van der Waals surface area contributed by atoms with E-state index in [9.17, 15) is 19.2 Å². The first-order valence-electron chi connectivity index (χ1n) is 11.4. The summed E-state index contributed by atoms with van der Waals surface area (Å²) in [6.07, 6.45) is 4.07. The van der Waals surface area contributed by atoms with Gasteiger partial charge in [-0.05, 0) is 29.5 Å². The maximum atomic E-state index is 13.3. The Balaban J connectivity index is 1.57. The van der Waals surface area contributed by atoms with Crippen molar-refractivity contribution in [1.82, 2.24) is 10.2 Å². The molecule has 1 saturated heterocycles. The highest BCUT2D eigenvalue weighted by Crippen LogP contribution is 2.43. The van der Waals surface area contributed by atoms with Crippen molar-refractivity contribution in [2.75, 3.05) is 13.1 Å². The van der Waals surface area contributed by atoms with Gasteiger partial charge in [0.1, 0.15) is 6.54 Å². The van der Waals surface area contributed by atoms with Crippen molar-refractivity contribution >= 4 is 23.6 Å². The minimum absolute atomic E-state index is 0.297. The molecule has 0 radical (unpaired) electrons. The number of rotatable bonds is 6. The number of aliphatic carboxylic acids is 1. The number of amides is 2. The Hall–Kier alpha value is -3.48. The normalized spacial score (nSPS) is 20.0. The third kappa shape index (κ3) is 4.82. The quantitative estimate of drug-likeness (QED) is 0.661. The molecular weight excluding hydrogens is 420 g/mol. The van der Waals surface area contributed by atoms with Crippen LogP contribution in [-0.2, 0) is 25.7 Å². The number of carbonyl (C=O) groups is 4. The van der Waals surface area contributed by atoms with Gasteiger partial charge in [-0.2, -0.15) is 0 Å². The van der Waals surface area contributed by atoms with Gasteiger partial charge in [-0.3, -0.25) is 19.2 Å². The second-order valence-corrected chi connectivity index (χ2v) is 9.01. The van der Waals surface area contributed by atoms with Gasteiger partial charge in [0.05, 0.1) is 0 Å². The monoisotopic (exact) mass is 448 g/mol. The molecule has 1 unspecified atom stereocenters. The molecule has 1 aliphatic carbocycles. The van der Waals surface area contributed by atoms with E-state index in [1.54, 1.807) is 4.90 Å². The summed E-state index contributed by atoms with van der Waals surface area (Å²) < 4.78 is 0. The van der Waals surface area contributed by atoms with Crippen LogP contribution < -0.4 is 5.32 Å². The average molecular weight is 449 g/mol. The zero-order chi connectivity index (χ0) is 23.4. The first-order valence-corrected chi connectivity index (χ1v) is 11.4. The van der Waals surface area contributed by atoms with Crippen molar-refractivity contribution < 1.29 is 24.3 Å². The Labute approximate surface area is 192 Å². The number of likely N-dealkylation sites (tertiary alicyclic amines) is 1. The Morgan fingerprint density at radius 1 is 0.939 bits per heavy atom. The number of ketones is 1. The zero-order valence-corrected chi connectivity index (χ0v) is 18.5. The van der Waals surface area contributed by atoms with Crippen molar-refractivity contribution in [2.45, 2.75) is 38.6 Å². The predicted octanol–water partition coefficient (Wildman–Crippen LogP) is 3.03. The summed E-state index contributed by atoms with van der Waals surface area (Å²) in [5.74, 6) is -4.43. The largest absolute Gasteiger partial charge is 0.480 e. The van der Waals surface area contributed by atoms with E-state index in [0.717, 1.165) is 36.0 Å². The zero-order valence-electron chi connectivity index (χ0n) is 18.5. The average Bonchev–Trinajstić information content (AvgIpc) is 2.83. The second-order valence-electron chi connectivity index (χ2n) is 9.01. The molecule has 2 amide bonds. The summed E-state index contributed by atoms with van der Waals surface area (Å²) in [5, 5.41) is 11.1. The first-order chi connectivity index (χ1) is 15.9. The molecule has 1 aliphatic heterocycles. The van der Waals surface area contributed by atoms with E-state index >= 15 is 0 Å². The number of piperidine rings is 1. The molecule has 0 bridgehead atoms. The van der Waals surface area contributed by atoms with Crippen LogP contribution in [0.5, 0.6) is 0 Å². The van der Waals surface area contributed by atoms with Crippen LogP contribution in [0.2, 0.25) is 0 Å². The molecule has 2 aromatic rings. The molecule has 7 nitrogen and oxygen atoms in total. The standard InChI is InChI=1S/C26H28N2O5/c29-21(30)15-27-24(32)22-23(31)26(13-5-2-6-14-26)17-28(25(22)33)16-18-9-11-20(12-10-18)19-7-3-1-4-8-19/h1,3-4,7-12,22H,2,5-6,13-17H2,(H,27,32)(H,29,30). The summed E-state index contributed by atoms with van der Waals surface area (Å²) in [6, 6.07) is 17.9. The fourth-order valence-corrected chi connectivity index (χ4v) is 5.04. The van der Waals surface area contributed by atoms with Gasteiger partial charge in [0.2, 0.25) is 11.8 Å². The van der Waals surface area contributed by atoms with Gasteiger partial charge in [0.25, 0.3) is 0 Å². The first kappa shape index (κ1) is 22.7. The van der Waals surface area contributed by atoms with Crippen molar-refractivity contribution in [3.05, 3.63) is 60.2 Å². The molecule has 2 N–H and O–H groups in total. The maximum Gasteiger partial charge on any atom is 0.322 e. The third-order valence-electron chi connectivity index (χ3n) is 6.76. The van der Waals surface area contributed by atoms with Gasteiger partial charge < -0.3 is 15.3 Å². The second kappa shape index (κ2) is 9.57. The fourth-order valence-electron chi connectivity index (χ4n) is 5.04. The van der Waals surface area contributed by atoms with Crippen molar-refractivity contribution in [2.24, 2.45) is 11.3 Å². The Morgan fingerprint density at radius 3 is 2.21 bits per heavy atom. The van der Waals surface area contributed by atoms with Gasteiger partial charge in [-0.1, -0.05) is 73.9 Å². The predicted molar refractivity (Wildman–Crippen MR) is 122 cm³/mol. The minimum atomic E-state index is -1.49. The van der Waals surface area contributed by atoms with E-state index in [1.165, 1.54) is 0 Å². The van der Waals surface area contributed by atoms with Gasteiger partial charge >= 0.3 is 5.97 Å². The van der Waals surface area contributed by atoms with Crippen LogP contribution in [0.1, 0.15) is 37.7 Å². The summed E-state index contributed by atoms with van der Waals surface area (Å²) in [4.78, 5) is 51.8. The topological polar surface area (TPSA) is 104 Å². The molecule has 33 heavy (non-hydrogen) atoms. The van der Waals surface area contributed by atoms with E-state index in [0.29, 0.717) is 25.9 Å². The summed E-state index contributed by atoms with van der Waals surface area (Å²) >= 11 is 0. The van der Waals surface area contributed by atoms with E-state index < -0.39 is 35.7 Å². The van der Waals surface area contributed by atoms with Gasteiger partial charge in [0, 0.05) is 18.5 Å². The Kier molecular flexibility index (Phi) is 6.58. The molecule has 7 heteroatoms. The molecule has 1 atom stereocenters. The van der Waals surface area contributed by atoms with E-state index in [1.807, 2.05) is 54.6 Å². The number of Topliss-reactive ketones (excluding diaryl/α,β-unsaturated/α-hetero) is 1. The highest BCUT2D eigenvalue weighted by molar-refractivity contribution is 6.21. The van der Waals surface area contributed by atoms with Crippen molar-refractivity contribution in [1.29, 1.82) is 0 Å². The lowest BCUT2D eigenvalue weighted by Gasteiger charge is -2.46. The number of hydrogen-bond acceptors (Lipinski definition) is 4. The Bertz CT molecular complexity index is 1040. The maximum absolute atomic E-state index is 13.3. The third-order valence-corrected chi connectivity index (χ3v) is 6.76. The lowest BCUT2D eigenvalue weighted by atomic mass is 9.65. The summed E-state index contributed by atoms with van der Waals surface area (Å²) in [5.41, 5.74) is 2.34. The van der Waals surface area contributed by atoms with Crippen LogP contribution in [0.15, 0.2) is 54.6 Å². The minimum Gasteiger partial charge on any atom is -0.480 e. The Morgan fingerprint density at radius 2 is 1.58 bits per heavy atom. The van der Waals surface area contributed by atoms with Gasteiger partial charge in [-0.15, -0.1) is 0 Å². The SMILES string of the molecule is O=C(O)CNC(=O)C1C(=O)N(Cc2ccc(-c3ccccc3)cc2)CC2(CCCCC2)C1=O.